The number of aliphatic hydroxyl groups excluding tert-OH is 1. The van der Waals surface area contributed by atoms with E-state index in [0.717, 1.165) is 41.2 Å². The van der Waals surface area contributed by atoms with Gasteiger partial charge in [0.05, 0.1) is 51.2 Å². The van der Waals surface area contributed by atoms with Gasteiger partial charge in [0, 0.05) is 34.9 Å². The van der Waals surface area contributed by atoms with Crippen molar-refractivity contribution in [1.82, 2.24) is 10.2 Å². The van der Waals surface area contributed by atoms with Crippen LogP contribution in [0.1, 0.15) is 48.4 Å². The first kappa shape index (κ1) is 40.4. The highest BCUT2D eigenvalue weighted by atomic mass is 28.4. The second kappa shape index (κ2) is 15.4. The Bertz CT molecular complexity index is 2300. The summed E-state index contributed by atoms with van der Waals surface area (Å²) in [4.78, 5) is 63.7. The molecule has 3 saturated heterocycles. The zero-order valence-electron chi connectivity index (χ0n) is 34.8. The number of rotatable bonds is 9. The first-order valence-electron chi connectivity index (χ1n) is 21.2. The number of carbonyl (C=O) groups is 3. The van der Waals surface area contributed by atoms with Gasteiger partial charge < -0.3 is 39.4 Å². The molecule has 5 aliphatic heterocycles. The van der Waals surface area contributed by atoms with Gasteiger partial charge in [-0.15, -0.1) is 0 Å². The fourth-order valence-corrected chi connectivity index (χ4v) is 13.6. The molecule has 0 radical (unpaired) electrons. The van der Waals surface area contributed by atoms with Crippen molar-refractivity contribution in [3.8, 4) is 5.75 Å². The summed E-state index contributed by atoms with van der Waals surface area (Å²) in [5.74, 6) is -0.284. The number of hydrogen-bond acceptors (Lipinski definition) is 9. The molecule has 4 aromatic rings. The summed E-state index contributed by atoms with van der Waals surface area (Å²) < 4.78 is 12.8. The summed E-state index contributed by atoms with van der Waals surface area (Å²) >= 11 is 0. The minimum atomic E-state index is -3.08. The molecule has 12 nitrogen and oxygen atoms in total. The van der Waals surface area contributed by atoms with Crippen LogP contribution in [0.5, 0.6) is 5.75 Å². The van der Waals surface area contributed by atoms with Crippen LogP contribution < -0.4 is 24.8 Å². The van der Waals surface area contributed by atoms with Crippen LogP contribution in [-0.4, -0.2) is 92.0 Å². The largest absolute Gasteiger partial charge is 0.497 e. The van der Waals surface area contributed by atoms with Crippen LogP contribution in [0.15, 0.2) is 97.1 Å². The van der Waals surface area contributed by atoms with Crippen LogP contribution >= 0.6 is 0 Å². The molecule has 60 heavy (non-hydrogen) atoms. The number of ether oxygens (including phenoxy) is 2. The molecule has 13 heteroatoms. The summed E-state index contributed by atoms with van der Waals surface area (Å²) in [6.45, 7) is 8.01. The van der Waals surface area contributed by atoms with Crippen LogP contribution in [-0.2, 0) is 44.2 Å². The zero-order chi connectivity index (χ0) is 42.0. The molecule has 2 spiro atoms. The smallest absolute Gasteiger partial charge is 0.264 e. The number of nitrogens with zero attached hydrogens (tertiary/aromatic N) is 4. The molecule has 314 valence electrons. The van der Waals surface area contributed by atoms with Gasteiger partial charge in [0.15, 0.2) is 13.9 Å². The predicted molar refractivity (Wildman–Crippen MR) is 232 cm³/mol. The monoisotopic (exact) mass is 829 g/mol. The molecular weight excluding hydrogens is 775 g/mol. The first-order chi connectivity index (χ1) is 28.9. The van der Waals surface area contributed by atoms with E-state index < -0.39 is 37.0 Å². The standard InChI is InChI=1S/C47H55N5O7Si/c1-31-43(60(3,4)57)41(26-42(54)49-28-34-13-9-8-12-33(34)24-37(49)29-53)59-47(31)39-25-38(58-2)17-18-40(39)50(45(47)56)27-32-11-10-16-36(23-32)51-30-52(35-14-6-5-7-15-35)46(44(51)55)19-21-48-22-20-46/h5-18,23,25,31,37,41,43,48,53,57H,19-22,24,26-30H2,1-4H3/t31-,37-,41+,43-,47+/m0/s1. The predicted octanol–water partition coefficient (Wildman–Crippen LogP) is 5.31. The van der Waals surface area contributed by atoms with Crippen LogP contribution in [0.3, 0.4) is 0 Å². The molecule has 9 rings (SSSR count). The molecular formula is C47H55N5O7Si. The fraction of sp³-hybridized carbons (Fsp3) is 0.426. The van der Waals surface area contributed by atoms with Crippen molar-refractivity contribution >= 4 is 43.1 Å². The number of piperidine rings is 1. The number of benzene rings is 4. The van der Waals surface area contributed by atoms with E-state index in [1.807, 2.05) is 110 Å². The summed E-state index contributed by atoms with van der Waals surface area (Å²) in [5, 5.41) is 13.8. The fourth-order valence-electron chi connectivity index (χ4n) is 11.0. The third kappa shape index (κ3) is 6.53. The maximum Gasteiger partial charge on any atom is 0.264 e. The van der Waals surface area contributed by atoms with Gasteiger partial charge in [-0.05, 0) is 105 Å². The Morgan fingerprint density at radius 3 is 2.35 bits per heavy atom. The molecule has 5 atom stereocenters. The van der Waals surface area contributed by atoms with Gasteiger partial charge >= 0.3 is 0 Å². The lowest BCUT2D eigenvalue weighted by molar-refractivity contribution is -0.151. The number of fused-ring (bicyclic) bond motifs is 3. The van der Waals surface area contributed by atoms with Gasteiger partial charge in [-0.2, -0.15) is 0 Å². The molecule has 3 amide bonds. The Balaban J connectivity index is 1.03. The van der Waals surface area contributed by atoms with Gasteiger partial charge in [-0.25, -0.2) is 0 Å². The summed E-state index contributed by atoms with van der Waals surface area (Å²) in [5.41, 5.74) is 3.51. The van der Waals surface area contributed by atoms with Crippen molar-refractivity contribution in [1.29, 1.82) is 0 Å². The summed E-state index contributed by atoms with van der Waals surface area (Å²) in [7, 11) is -1.50. The lowest BCUT2D eigenvalue weighted by atomic mass is 9.82. The quantitative estimate of drug-likeness (QED) is 0.192. The Morgan fingerprint density at radius 1 is 0.917 bits per heavy atom. The highest BCUT2D eigenvalue weighted by Crippen LogP contribution is 2.60. The number of para-hydroxylation sites is 1. The second-order valence-electron chi connectivity index (χ2n) is 17.8. The molecule has 0 bridgehead atoms. The Labute approximate surface area is 352 Å². The van der Waals surface area contributed by atoms with E-state index in [1.165, 1.54) is 0 Å². The van der Waals surface area contributed by atoms with Gasteiger partial charge in [-0.1, -0.05) is 61.5 Å². The molecule has 5 heterocycles. The first-order valence-corrected chi connectivity index (χ1v) is 24.2. The molecule has 0 saturated carbocycles. The van der Waals surface area contributed by atoms with Crippen LogP contribution in [0.4, 0.5) is 17.1 Å². The summed E-state index contributed by atoms with van der Waals surface area (Å²) in [6, 6.07) is 31.2. The van der Waals surface area contributed by atoms with E-state index in [0.29, 0.717) is 49.5 Å². The molecule has 3 N–H and O–H groups in total. The maximum atomic E-state index is 15.3. The minimum Gasteiger partial charge on any atom is -0.497 e. The molecule has 0 aromatic heterocycles. The van der Waals surface area contributed by atoms with Crippen LogP contribution in [0.2, 0.25) is 18.6 Å². The molecule has 4 aromatic carbocycles. The van der Waals surface area contributed by atoms with Crippen molar-refractivity contribution in [2.75, 3.05) is 48.2 Å². The number of anilines is 3. The van der Waals surface area contributed by atoms with E-state index >= 15 is 4.79 Å². The Kier molecular flexibility index (Phi) is 10.4. The number of hydrogen-bond donors (Lipinski definition) is 3. The van der Waals surface area contributed by atoms with Crippen molar-refractivity contribution in [3.05, 3.63) is 119 Å². The van der Waals surface area contributed by atoms with Crippen LogP contribution in [0.25, 0.3) is 0 Å². The zero-order valence-corrected chi connectivity index (χ0v) is 35.8. The number of amides is 3. The third-order valence-electron chi connectivity index (χ3n) is 14.0. The van der Waals surface area contributed by atoms with Crippen molar-refractivity contribution in [3.63, 3.8) is 0 Å². The van der Waals surface area contributed by atoms with E-state index in [-0.39, 0.29) is 43.3 Å². The molecule has 3 fully saturated rings. The average molecular weight is 830 g/mol. The van der Waals surface area contributed by atoms with E-state index in [1.54, 1.807) is 16.9 Å². The molecule has 5 aliphatic rings. The van der Waals surface area contributed by atoms with Gasteiger partial charge in [0.25, 0.3) is 11.8 Å². The molecule has 0 unspecified atom stereocenters. The second-order valence-corrected chi connectivity index (χ2v) is 21.7. The van der Waals surface area contributed by atoms with Gasteiger partial charge in [-0.3, -0.25) is 19.3 Å². The maximum absolute atomic E-state index is 15.3. The highest BCUT2D eigenvalue weighted by Gasteiger charge is 2.66. The lowest BCUT2D eigenvalue weighted by Gasteiger charge is -2.39. The van der Waals surface area contributed by atoms with Crippen molar-refractivity contribution in [2.24, 2.45) is 5.92 Å². The van der Waals surface area contributed by atoms with E-state index in [2.05, 4.69) is 22.3 Å². The molecule has 0 aliphatic carbocycles. The normalized spacial score (nSPS) is 26.0. The number of aliphatic hydroxyl groups is 1. The minimum absolute atomic E-state index is 0.0392. The third-order valence-corrected chi connectivity index (χ3v) is 16.5. The van der Waals surface area contributed by atoms with Crippen LogP contribution in [0, 0.1) is 5.92 Å². The number of methoxy groups -OCH3 is 1. The summed E-state index contributed by atoms with van der Waals surface area (Å²) in [6.07, 6.45) is 1.16. The average Bonchev–Trinajstić information content (AvgIpc) is 3.80. The topological polar surface area (TPSA) is 135 Å². The lowest BCUT2D eigenvalue weighted by Crippen LogP contribution is -2.55. The van der Waals surface area contributed by atoms with E-state index in [9.17, 15) is 19.5 Å². The van der Waals surface area contributed by atoms with Gasteiger partial charge in [0.1, 0.15) is 11.3 Å². The van der Waals surface area contributed by atoms with Crippen molar-refractivity contribution in [2.45, 2.75) is 87.6 Å². The number of carbonyl (C=O) groups excluding carboxylic acids is 3. The number of nitrogens with one attached hydrogen (secondary N) is 1. The van der Waals surface area contributed by atoms with E-state index in [4.69, 9.17) is 9.47 Å². The van der Waals surface area contributed by atoms with Crippen molar-refractivity contribution < 1.29 is 33.8 Å². The highest BCUT2D eigenvalue weighted by molar-refractivity contribution is 6.71. The van der Waals surface area contributed by atoms with Gasteiger partial charge in [0.2, 0.25) is 5.91 Å². The Morgan fingerprint density at radius 2 is 1.63 bits per heavy atom. The SMILES string of the molecule is COc1ccc2c(c1)[C@@]1(O[C@H](CC(=O)N3Cc4ccccc4C[C@H]3CO)[C@@H]([Si](C)(C)O)[C@@H]1C)C(=O)N2Cc1cccc(N2CN(c3ccccc3)C3(CCNCC3)C2=O)c1. The Hall–Kier alpha value is -5.05.